The molecule has 3 nitrogen and oxygen atoms in total. The molecule has 3 rings (SSSR count). The second-order valence-electron chi connectivity index (χ2n) is 6.42. The summed E-state index contributed by atoms with van der Waals surface area (Å²) < 4.78 is 5.34. The molecule has 0 aromatic heterocycles. The number of nitrogens with two attached hydrogens (primary N) is 1. The SMILES string of the molecule is COc1cccc(CC2(N3CCC(CN)CC3)CC2)c1. The third-order valence-electron chi connectivity index (χ3n) is 5.11. The first-order valence-corrected chi connectivity index (χ1v) is 7.84. The number of likely N-dealkylation sites (tertiary alicyclic amines) is 1. The molecule has 0 bridgehead atoms. The maximum absolute atomic E-state index is 5.80. The van der Waals surface area contributed by atoms with Gasteiger partial charge in [0, 0.05) is 5.54 Å². The molecule has 0 unspecified atom stereocenters. The van der Waals surface area contributed by atoms with Crippen LogP contribution in [0.25, 0.3) is 0 Å². The van der Waals surface area contributed by atoms with Gasteiger partial charge < -0.3 is 10.5 Å². The van der Waals surface area contributed by atoms with Crippen molar-refractivity contribution in [1.29, 1.82) is 0 Å². The quantitative estimate of drug-likeness (QED) is 0.896. The Labute approximate surface area is 122 Å². The summed E-state index contributed by atoms with van der Waals surface area (Å²) in [5.41, 5.74) is 7.64. The first-order valence-electron chi connectivity index (χ1n) is 7.84. The average Bonchev–Trinajstić information content (AvgIpc) is 3.28. The number of nitrogens with zero attached hydrogens (tertiary/aromatic N) is 1. The van der Waals surface area contributed by atoms with Crippen molar-refractivity contribution >= 4 is 0 Å². The molecule has 1 aromatic rings. The first-order chi connectivity index (χ1) is 9.75. The molecular weight excluding hydrogens is 248 g/mol. The molecule has 3 heteroatoms. The van der Waals surface area contributed by atoms with Crippen LogP contribution < -0.4 is 10.5 Å². The molecule has 1 aromatic carbocycles. The molecule has 1 saturated carbocycles. The summed E-state index contributed by atoms with van der Waals surface area (Å²) in [7, 11) is 1.74. The number of piperidine rings is 1. The molecule has 1 aliphatic carbocycles. The number of methoxy groups -OCH3 is 1. The van der Waals surface area contributed by atoms with E-state index >= 15 is 0 Å². The molecule has 1 heterocycles. The van der Waals surface area contributed by atoms with Gasteiger partial charge >= 0.3 is 0 Å². The van der Waals surface area contributed by atoms with Crippen LogP contribution in [0.3, 0.4) is 0 Å². The van der Waals surface area contributed by atoms with Gasteiger partial charge in [0.05, 0.1) is 7.11 Å². The summed E-state index contributed by atoms with van der Waals surface area (Å²) in [6.45, 7) is 3.31. The van der Waals surface area contributed by atoms with E-state index in [1.54, 1.807) is 7.11 Å². The van der Waals surface area contributed by atoms with E-state index in [9.17, 15) is 0 Å². The van der Waals surface area contributed by atoms with Gasteiger partial charge in [0.2, 0.25) is 0 Å². The van der Waals surface area contributed by atoms with E-state index < -0.39 is 0 Å². The lowest BCUT2D eigenvalue weighted by Crippen LogP contribution is -2.45. The lowest BCUT2D eigenvalue weighted by Gasteiger charge is -2.38. The Morgan fingerprint density at radius 2 is 2.05 bits per heavy atom. The fraction of sp³-hybridized carbons (Fsp3) is 0.647. The van der Waals surface area contributed by atoms with Gasteiger partial charge in [0.25, 0.3) is 0 Å². The normalized spacial score (nSPS) is 22.7. The van der Waals surface area contributed by atoms with Crippen LogP contribution in [0.15, 0.2) is 24.3 Å². The molecule has 0 amide bonds. The van der Waals surface area contributed by atoms with Gasteiger partial charge in [-0.3, -0.25) is 4.90 Å². The van der Waals surface area contributed by atoms with Crippen molar-refractivity contribution in [2.75, 3.05) is 26.7 Å². The van der Waals surface area contributed by atoms with Crippen molar-refractivity contribution in [2.45, 2.75) is 37.6 Å². The molecule has 2 N–H and O–H groups in total. The van der Waals surface area contributed by atoms with E-state index in [0.717, 1.165) is 24.6 Å². The van der Waals surface area contributed by atoms with Crippen LogP contribution in [-0.2, 0) is 6.42 Å². The highest BCUT2D eigenvalue weighted by atomic mass is 16.5. The molecule has 2 aliphatic rings. The van der Waals surface area contributed by atoms with Crippen LogP contribution in [0.2, 0.25) is 0 Å². The van der Waals surface area contributed by atoms with Crippen molar-refractivity contribution in [3.05, 3.63) is 29.8 Å². The number of hydrogen-bond donors (Lipinski definition) is 1. The lowest BCUT2D eigenvalue weighted by atomic mass is 9.93. The van der Waals surface area contributed by atoms with Gasteiger partial charge in [-0.1, -0.05) is 12.1 Å². The van der Waals surface area contributed by atoms with E-state index in [4.69, 9.17) is 10.5 Å². The van der Waals surface area contributed by atoms with Gasteiger partial charge in [0.1, 0.15) is 5.75 Å². The summed E-state index contributed by atoms with van der Waals surface area (Å²) in [6, 6.07) is 8.54. The molecule has 1 saturated heterocycles. The maximum atomic E-state index is 5.80. The van der Waals surface area contributed by atoms with Crippen LogP contribution in [0, 0.1) is 5.92 Å². The Kier molecular flexibility index (Phi) is 3.99. The van der Waals surface area contributed by atoms with E-state index in [0.29, 0.717) is 5.54 Å². The largest absolute Gasteiger partial charge is 0.497 e. The van der Waals surface area contributed by atoms with Crippen LogP contribution in [-0.4, -0.2) is 37.2 Å². The zero-order valence-electron chi connectivity index (χ0n) is 12.5. The van der Waals surface area contributed by atoms with Gasteiger partial charge in [-0.05, 0) is 75.4 Å². The van der Waals surface area contributed by atoms with Crippen LogP contribution in [0.4, 0.5) is 0 Å². The predicted octanol–water partition coefficient (Wildman–Crippen LogP) is 2.44. The van der Waals surface area contributed by atoms with E-state index in [1.807, 2.05) is 6.07 Å². The van der Waals surface area contributed by atoms with Crippen molar-refractivity contribution < 1.29 is 4.74 Å². The molecule has 1 aliphatic heterocycles. The standard InChI is InChI=1S/C17H26N2O/c1-20-16-4-2-3-15(11-16)12-17(7-8-17)19-9-5-14(13-18)6-10-19/h2-4,11,14H,5-10,12-13,18H2,1H3. The fourth-order valence-corrected chi connectivity index (χ4v) is 3.55. The number of rotatable bonds is 5. The van der Waals surface area contributed by atoms with Crippen molar-refractivity contribution in [3.63, 3.8) is 0 Å². The molecule has 0 atom stereocenters. The molecular formula is C17H26N2O. The highest BCUT2D eigenvalue weighted by molar-refractivity contribution is 5.31. The minimum atomic E-state index is 0.436. The van der Waals surface area contributed by atoms with E-state index in [-0.39, 0.29) is 0 Å². The van der Waals surface area contributed by atoms with E-state index in [1.165, 1.54) is 44.3 Å². The Balaban J connectivity index is 1.64. The summed E-state index contributed by atoms with van der Waals surface area (Å²) in [6.07, 6.45) is 6.40. The third-order valence-corrected chi connectivity index (χ3v) is 5.11. The molecule has 110 valence electrons. The first kappa shape index (κ1) is 13.9. The van der Waals surface area contributed by atoms with E-state index in [2.05, 4.69) is 23.1 Å². The van der Waals surface area contributed by atoms with Crippen LogP contribution >= 0.6 is 0 Å². The van der Waals surface area contributed by atoms with Gasteiger partial charge in [0.15, 0.2) is 0 Å². The zero-order chi connectivity index (χ0) is 14.0. The summed E-state index contributed by atoms with van der Waals surface area (Å²) in [5.74, 6) is 1.72. The Hall–Kier alpha value is -1.06. The van der Waals surface area contributed by atoms with Gasteiger partial charge in [-0.2, -0.15) is 0 Å². The second kappa shape index (κ2) is 5.74. The van der Waals surface area contributed by atoms with Crippen molar-refractivity contribution in [1.82, 2.24) is 4.90 Å². The third kappa shape index (κ3) is 2.84. The fourth-order valence-electron chi connectivity index (χ4n) is 3.55. The average molecular weight is 274 g/mol. The van der Waals surface area contributed by atoms with Crippen molar-refractivity contribution in [3.8, 4) is 5.75 Å². The highest BCUT2D eigenvalue weighted by Gasteiger charge is 2.48. The van der Waals surface area contributed by atoms with Crippen LogP contribution in [0.5, 0.6) is 5.75 Å². The van der Waals surface area contributed by atoms with Crippen LogP contribution in [0.1, 0.15) is 31.2 Å². The molecule has 0 radical (unpaired) electrons. The maximum Gasteiger partial charge on any atom is 0.119 e. The highest BCUT2D eigenvalue weighted by Crippen LogP contribution is 2.46. The van der Waals surface area contributed by atoms with Gasteiger partial charge in [-0.25, -0.2) is 0 Å². The summed E-state index contributed by atoms with van der Waals surface area (Å²) in [5, 5.41) is 0. The molecule has 2 fully saturated rings. The topological polar surface area (TPSA) is 38.5 Å². The monoisotopic (exact) mass is 274 g/mol. The Bertz CT molecular complexity index is 448. The Morgan fingerprint density at radius 1 is 1.30 bits per heavy atom. The molecule has 20 heavy (non-hydrogen) atoms. The minimum Gasteiger partial charge on any atom is -0.497 e. The number of benzene rings is 1. The smallest absolute Gasteiger partial charge is 0.119 e. The van der Waals surface area contributed by atoms with Crippen molar-refractivity contribution in [2.24, 2.45) is 11.7 Å². The predicted molar refractivity (Wildman–Crippen MR) is 82.0 cm³/mol. The van der Waals surface area contributed by atoms with Gasteiger partial charge in [-0.15, -0.1) is 0 Å². The Morgan fingerprint density at radius 3 is 2.65 bits per heavy atom. The summed E-state index contributed by atoms with van der Waals surface area (Å²) in [4.78, 5) is 2.72. The second-order valence-corrected chi connectivity index (χ2v) is 6.42. The zero-order valence-corrected chi connectivity index (χ0v) is 12.5. The number of ether oxygens (including phenoxy) is 1. The summed E-state index contributed by atoms with van der Waals surface area (Å²) >= 11 is 0. The lowest BCUT2D eigenvalue weighted by molar-refractivity contribution is 0.118. The molecule has 0 spiro atoms. The minimum absolute atomic E-state index is 0.436. The number of hydrogen-bond acceptors (Lipinski definition) is 3.